The summed E-state index contributed by atoms with van der Waals surface area (Å²) in [6.45, 7) is 5.31. The first-order valence-corrected chi connectivity index (χ1v) is 5.46. The Morgan fingerprint density at radius 3 is 2.41 bits per heavy atom. The first-order valence-electron chi connectivity index (χ1n) is 5.08. The molecule has 17 heavy (non-hydrogen) atoms. The molecule has 0 atom stereocenters. The van der Waals surface area contributed by atoms with Gasteiger partial charge >= 0.3 is 0 Å². The van der Waals surface area contributed by atoms with Crippen molar-refractivity contribution in [3.8, 4) is 0 Å². The molecule has 90 valence electrons. The van der Waals surface area contributed by atoms with Crippen LogP contribution in [0.4, 0.5) is 5.69 Å². The van der Waals surface area contributed by atoms with E-state index < -0.39 is 17.4 Å². The molecule has 0 aromatic carbocycles. The number of pyridine rings is 1. The predicted octanol–water partition coefficient (Wildman–Crippen LogP) is 1.71. The molecule has 5 nitrogen and oxygen atoms in total. The Morgan fingerprint density at radius 2 is 1.88 bits per heavy atom. The lowest BCUT2D eigenvalue weighted by Crippen LogP contribution is -2.45. The number of nitrogen functional groups attached to an aromatic ring is 1. The summed E-state index contributed by atoms with van der Waals surface area (Å²) in [6, 6.07) is 1.37. The van der Waals surface area contributed by atoms with E-state index in [2.05, 4.69) is 4.98 Å². The fourth-order valence-corrected chi connectivity index (χ4v) is 2.03. The monoisotopic (exact) mass is 253 g/mol. The minimum Gasteiger partial charge on any atom is -0.398 e. The normalized spacial score (nSPS) is 15.4. The predicted molar refractivity (Wildman–Crippen MR) is 63.9 cm³/mol. The lowest BCUT2D eigenvalue weighted by atomic mass is 10.1. The molecule has 0 aliphatic carbocycles. The van der Waals surface area contributed by atoms with Crippen molar-refractivity contribution in [3.05, 3.63) is 22.5 Å². The number of carbonyl (C=O) groups excluding carboxylic acids is 2. The van der Waals surface area contributed by atoms with Gasteiger partial charge in [0.2, 0.25) is 0 Å². The second kappa shape index (κ2) is 3.43. The number of carbonyl (C=O) groups is 2. The summed E-state index contributed by atoms with van der Waals surface area (Å²) in [5, 5.41) is 0.109. The zero-order valence-electron chi connectivity index (χ0n) is 9.74. The lowest BCUT2D eigenvalue weighted by molar-refractivity contribution is 0.0506. The van der Waals surface area contributed by atoms with Gasteiger partial charge in [0.15, 0.2) is 0 Å². The molecular weight excluding hydrogens is 242 g/mol. The van der Waals surface area contributed by atoms with Gasteiger partial charge in [0.25, 0.3) is 11.8 Å². The van der Waals surface area contributed by atoms with Gasteiger partial charge in [-0.15, -0.1) is 0 Å². The van der Waals surface area contributed by atoms with E-state index in [4.69, 9.17) is 17.3 Å². The third kappa shape index (κ3) is 1.67. The quantitative estimate of drug-likeness (QED) is 0.564. The molecule has 1 aromatic rings. The number of halogens is 1. The highest BCUT2D eigenvalue weighted by Crippen LogP contribution is 2.32. The highest BCUT2D eigenvalue weighted by molar-refractivity contribution is 6.31. The summed E-state index contributed by atoms with van der Waals surface area (Å²) in [6.07, 6.45) is 0. The number of nitrogens with zero attached hydrogens (tertiary/aromatic N) is 2. The Kier molecular flexibility index (Phi) is 2.39. The molecule has 0 bridgehead atoms. The summed E-state index contributed by atoms with van der Waals surface area (Å²) < 4.78 is 0. The zero-order valence-corrected chi connectivity index (χ0v) is 10.5. The number of hydrogen-bond donors (Lipinski definition) is 1. The van der Waals surface area contributed by atoms with E-state index >= 15 is 0 Å². The first kappa shape index (κ1) is 11.9. The molecule has 0 unspecified atom stereocenters. The van der Waals surface area contributed by atoms with Gasteiger partial charge < -0.3 is 5.73 Å². The van der Waals surface area contributed by atoms with Gasteiger partial charge in [0, 0.05) is 11.2 Å². The smallest absolute Gasteiger partial charge is 0.280 e. The van der Waals surface area contributed by atoms with Crippen molar-refractivity contribution in [2.45, 2.75) is 26.3 Å². The lowest BCUT2D eigenvalue weighted by Gasteiger charge is -2.29. The van der Waals surface area contributed by atoms with Crippen molar-refractivity contribution >= 4 is 29.1 Å². The average Bonchev–Trinajstić information content (AvgIpc) is 2.37. The van der Waals surface area contributed by atoms with Crippen molar-refractivity contribution < 1.29 is 9.59 Å². The van der Waals surface area contributed by atoms with Gasteiger partial charge in [0.05, 0.1) is 5.56 Å². The molecule has 0 fully saturated rings. The molecule has 0 spiro atoms. The molecule has 0 saturated heterocycles. The molecule has 2 rings (SSSR count). The third-order valence-corrected chi connectivity index (χ3v) is 2.71. The maximum Gasteiger partial charge on any atom is 0.280 e. The summed E-state index contributed by atoms with van der Waals surface area (Å²) in [5.41, 5.74) is 5.46. The van der Waals surface area contributed by atoms with Gasteiger partial charge in [-0.1, -0.05) is 11.6 Å². The van der Waals surface area contributed by atoms with Gasteiger partial charge in [-0.25, -0.2) is 4.98 Å². The molecule has 1 aromatic heterocycles. The summed E-state index contributed by atoms with van der Waals surface area (Å²) in [7, 11) is 0. The van der Waals surface area contributed by atoms with Crippen LogP contribution in [0.5, 0.6) is 0 Å². The van der Waals surface area contributed by atoms with Crippen LogP contribution in [0.25, 0.3) is 0 Å². The van der Waals surface area contributed by atoms with Gasteiger partial charge in [-0.05, 0) is 26.8 Å². The second-order valence-electron chi connectivity index (χ2n) is 4.87. The van der Waals surface area contributed by atoms with E-state index in [0.717, 1.165) is 4.90 Å². The maximum atomic E-state index is 12.1. The van der Waals surface area contributed by atoms with Crippen LogP contribution in [0.2, 0.25) is 5.15 Å². The van der Waals surface area contributed by atoms with E-state index in [-0.39, 0.29) is 22.1 Å². The Morgan fingerprint density at radius 1 is 1.29 bits per heavy atom. The number of aromatic nitrogens is 1. The molecule has 2 heterocycles. The fourth-order valence-electron chi connectivity index (χ4n) is 1.83. The van der Waals surface area contributed by atoms with E-state index in [1.165, 1.54) is 6.07 Å². The number of hydrogen-bond acceptors (Lipinski definition) is 4. The largest absolute Gasteiger partial charge is 0.398 e. The third-order valence-electron chi connectivity index (χ3n) is 2.51. The second-order valence-corrected chi connectivity index (χ2v) is 5.26. The topological polar surface area (TPSA) is 76.3 Å². The number of rotatable bonds is 0. The van der Waals surface area contributed by atoms with E-state index in [1.807, 2.05) is 0 Å². The number of anilines is 1. The zero-order chi connectivity index (χ0) is 13.0. The van der Waals surface area contributed by atoms with Crippen molar-refractivity contribution in [2.24, 2.45) is 0 Å². The van der Waals surface area contributed by atoms with Crippen LogP contribution in [0.15, 0.2) is 6.07 Å². The minimum absolute atomic E-state index is 0.0370. The first-order chi connectivity index (χ1) is 7.73. The van der Waals surface area contributed by atoms with Crippen LogP contribution >= 0.6 is 11.6 Å². The van der Waals surface area contributed by atoms with Crippen LogP contribution < -0.4 is 5.73 Å². The Labute approximate surface area is 104 Å². The standard InChI is InChI=1S/C11H12ClN3O2/c1-11(2,3)15-9(16)7-5(13)4-6(12)14-8(7)10(15)17/h4H,1-3H3,(H2,13,14). The number of fused-ring (bicyclic) bond motifs is 1. The van der Waals surface area contributed by atoms with Crippen molar-refractivity contribution in [3.63, 3.8) is 0 Å². The van der Waals surface area contributed by atoms with Gasteiger partial charge in [-0.3, -0.25) is 14.5 Å². The van der Waals surface area contributed by atoms with Crippen LogP contribution in [0.3, 0.4) is 0 Å². The molecule has 1 aliphatic heterocycles. The fraction of sp³-hybridized carbons (Fsp3) is 0.364. The van der Waals surface area contributed by atoms with E-state index in [9.17, 15) is 9.59 Å². The van der Waals surface area contributed by atoms with Crippen molar-refractivity contribution in [1.82, 2.24) is 9.88 Å². The minimum atomic E-state index is -0.617. The van der Waals surface area contributed by atoms with Crippen molar-refractivity contribution in [2.75, 3.05) is 5.73 Å². The number of amides is 2. The van der Waals surface area contributed by atoms with Gasteiger partial charge in [0.1, 0.15) is 10.8 Å². The van der Waals surface area contributed by atoms with Gasteiger partial charge in [-0.2, -0.15) is 0 Å². The van der Waals surface area contributed by atoms with Crippen LogP contribution in [0, 0.1) is 0 Å². The summed E-state index contributed by atoms with van der Waals surface area (Å²) >= 11 is 5.73. The Hall–Kier alpha value is -1.62. The maximum absolute atomic E-state index is 12.1. The number of nitrogens with two attached hydrogens (primary N) is 1. The van der Waals surface area contributed by atoms with E-state index in [1.54, 1.807) is 20.8 Å². The molecule has 6 heteroatoms. The summed E-state index contributed by atoms with van der Waals surface area (Å²) in [4.78, 5) is 29.2. The Bertz CT molecular complexity index is 534. The van der Waals surface area contributed by atoms with E-state index in [0.29, 0.717) is 0 Å². The van der Waals surface area contributed by atoms with Crippen molar-refractivity contribution in [1.29, 1.82) is 0 Å². The SMILES string of the molecule is CC(C)(C)N1C(=O)c2nc(Cl)cc(N)c2C1=O. The molecule has 2 amide bonds. The highest BCUT2D eigenvalue weighted by Gasteiger charge is 2.44. The van der Waals surface area contributed by atoms with Crippen LogP contribution in [-0.4, -0.2) is 27.2 Å². The molecule has 2 N–H and O–H groups in total. The summed E-state index contributed by atoms with van der Waals surface area (Å²) in [5.74, 6) is -0.870. The molecule has 0 radical (unpaired) electrons. The van der Waals surface area contributed by atoms with Crippen LogP contribution in [0.1, 0.15) is 41.6 Å². The average molecular weight is 254 g/mol. The molecule has 1 aliphatic rings. The highest BCUT2D eigenvalue weighted by atomic mass is 35.5. The molecular formula is C11H12ClN3O2. The van der Waals surface area contributed by atoms with Crippen LogP contribution in [-0.2, 0) is 0 Å². The number of imide groups is 1. The molecule has 0 saturated carbocycles. The Balaban J connectivity index is 2.65.